The predicted octanol–water partition coefficient (Wildman–Crippen LogP) is 4.84. The predicted molar refractivity (Wildman–Crippen MR) is 91.1 cm³/mol. The zero-order chi connectivity index (χ0) is 19.4. The molecule has 0 aliphatic carbocycles. The second-order valence-corrected chi connectivity index (χ2v) is 5.41. The van der Waals surface area contributed by atoms with Gasteiger partial charge in [0.05, 0.1) is 12.2 Å². The molecule has 2 aromatic carbocycles. The molecule has 0 atom stereocenters. The summed E-state index contributed by atoms with van der Waals surface area (Å²) in [6.07, 6.45) is -4.47. The van der Waals surface area contributed by atoms with Gasteiger partial charge in [0.2, 0.25) is 5.95 Å². The van der Waals surface area contributed by atoms with Gasteiger partial charge in [-0.3, -0.25) is 0 Å². The molecule has 0 saturated heterocycles. The van der Waals surface area contributed by atoms with E-state index in [1.165, 1.54) is 30.3 Å². The SMILES string of the molecule is CCOc1nc(Nc2cccc(C(F)(F)F)c2)nc(-c2cccc(F)c2)n1. The lowest BCUT2D eigenvalue weighted by Gasteiger charge is -2.11. The van der Waals surface area contributed by atoms with Crippen molar-refractivity contribution in [3.05, 3.63) is 59.9 Å². The normalized spacial score (nSPS) is 11.3. The lowest BCUT2D eigenvalue weighted by Crippen LogP contribution is -2.07. The van der Waals surface area contributed by atoms with Gasteiger partial charge in [-0.2, -0.15) is 28.1 Å². The maximum atomic E-state index is 13.5. The Labute approximate surface area is 152 Å². The molecule has 0 saturated carbocycles. The lowest BCUT2D eigenvalue weighted by atomic mass is 10.2. The minimum Gasteiger partial charge on any atom is -0.464 e. The van der Waals surface area contributed by atoms with Gasteiger partial charge in [-0.1, -0.05) is 18.2 Å². The lowest BCUT2D eigenvalue weighted by molar-refractivity contribution is -0.137. The highest BCUT2D eigenvalue weighted by Gasteiger charge is 2.30. The number of benzene rings is 2. The average Bonchev–Trinajstić information content (AvgIpc) is 2.61. The highest BCUT2D eigenvalue weighted by Crippen LogP contribution is 2.31. The molecule has 0 unspecified atom stereocenters. The Kier molecular flexibility index (Phi) is 5.20. The number of hydrogen-bond acceptors (Lipinski definition) is 5. The van der Waals surface area contributed by atoms with Crippen LogP contribution in [0, 0.1) is 5.82 Å². The third kappa shape index (κ3) is 4.69. The number of rotatable bonds is 5. The van der Waals surface area contributed by atoms with E-state index in [4.69, 9.17) is 4.74 Å². The molecule has 0 spiro atoms. The molecule has 9 heteroatoms. The number of hydrogen-bond donors (Lipinski definition) is 1. The second kappa shape index (κ2) is 7.56. The zero-order valence-corrected chi connectivity index (χ0v) is 14.1. The largest absolute Gasteiger partial charge is 0.464 e. The van der Waals surface area contributed by atoms with Crippen molar-refractivity contribution < 1.29 is 22.3 Å². The van der Waals surface area contributed by atoms with Crippen molar-refractivity contribution in [2.45, 2.75) is 13.1 Å². The van der Waals surface area contributed by atoms with Crippen molar-refractivity contribution >= 4 is 11.6 Å². The molecule has 0 fully saturated rings. The Morgan fingerprint density at radius 3 is 2.48 bits per heavy atom. The van der Waals surface area contributed by atoms with Crippen molar-refractivity contribution in [3.63, 3.8) is 0 Å². The number of ether oxygens (including phenoxy) is 1. The van der Waals surface area contributed by atoms with E-state index in [-0.39, 0.29) is 30.1 Å². The molecule has 27 heavy (non-hydrogen) atoms. The van der Waals surface area contributed by atoms with Crippen molar-refractivity contribution in [2.75, 3.05) is 11.9 Å². The van der Waals surface area contributed by atoms with E-state index in [0.29, 0.717) is 5.56 Å². The smallest absolute Gasteiger partial charge is 0.416 e. The van der Waals surface area contributed by atoms with Crippen LogP contribution in [0.3, 0.4) is 0 Å². The monoisotopic (exact) mass is 378 g/mol. The van der Waals surface area contributed by atoms with Gasteiger partial charge in [0.1, 0.15) is 5.82 Å². The summed E-state index contributed by atoms with van der Waals surface area (Å²) in [7, 11) is 0. The highest BCUT2D eigenvalue weighted by atomic mass is 19.4. The second-order valence-electron chi connectivity index (χ2n) is 5.41. The van der Waals surface area contributed by atoms with Crippen LogP contribution in [0.5, 0.6) is 6.01 Å². The van der Waals surface area contributed by atoms with E-state index in [1.807, 2.05) is 0 Å². The molecule has 0 radical (unpaired) electrons. The van der Waals surface area contributed by atoms with Gasteiger partial charge in [0, 0.05) is 11.3 Å². The molecule has 1 aromatic heterocycles. The molecule has 0 amide bonds. The molecule has 0 aliphatic heterocycles. The first-order valence-corrected chi connectivity index (χ1v) is 7.94. The van der Waals surface area contributed by atoms with E-state index < -0.39 is 17.6 Å². The summed E-state index contributed by atoms with van der Waals surface area (Å²) < 4.78 is 57.4. The Morgan fingerprint density at radius 1 is 1.00 bits per heavy atom. The Morgan fingerprint density at radius 2 is 1.78 bits per heavy atom. The number of anilines is 2. The minimum absolute atomic E-state index is 0.0213. The molecular formula is C18H14F4N4O. The van der Waals surface area contributed by atoms with Crippen molar-refractivity contribution in [3.8, 4) is 17.4 Å². The molecule has 140 valence electrons. The molecule has 3 rings (SSSR count). The van der Waals surface area contributed by atoms with Crippen LogP contribution in [-0.4, -0.2) is 21.6 Å². The molecule has 1 heterocycles. The van der Waals surface area contributed by atoms with Crippen LogP contribution in [0.2, 0.25) is 0 Å². The molecule has 0 aliphatic rings. The van der Waals surface area contributed by atoms with Crippen LogP contribution in [0.25, 0.3) is 11.4 Å². The summed E-state index contributed by atoms with van der Waals surface area (Å²) >= 11 is 0. The summed E-state index contributed by atoms with van der Waals surface area (Å²) in [5.41, 5.74) is -0.286. The fourth-order valence-electron chi connectivity index (χ4n) is 2.27. The first-order valence-electron chi connectivity index (χ1n) is 7.94. The maximum Gasteiger partial charge on any atom is 0.416 e. The van der Waals surface area contributed by atoms with E-state index in [9.17, 15) is 17.6 Å². The van der Waals surface area contributed by atoms with E-state index >= 15 is 0 Å². The minimum atomic E-state index is -4.47. The first kappa shape index (κ1) is 18.6. The van der Waals surface area contributed by atoms with Crippen molar-refractivity contribution in [1.82, 2.24) is 15.0 Å². The topological polar surface area (TPSA) is 59.9 Å². The summed E-state index contributed by atoms with van der Waals surface area (Å²) in [4.78, 5) is 12.3. The number of halogens is 4. The molecular weight excluding hydrogens is 364 g/mol. The average molecular weight is 378 g/mol. The van der Waals surface area contributed by atoms with Crippen LogP contribution in [0.4, 0.5) is 29.2 Å². The third-order valence-electron chi connectivity index (χ3n) is 3.42. The molecule has 0 bridgehead atoms. The summed E-state index contributed by atoms with van der Waals surface area (Å²) in [6.45, 7) is 2.00. The van der Waals surface area contributed by atoms with Gasteiger partial charge < -0.3 is 10.1 Å². The fourth-order valence-corrected chi connectivity index (χ4v) is 2.27. The van der Waals surface area contributed by atoms with E-state index in [1.54, 1.807) is 13.0 Å². The third-order valence-corrected chi connectivity index (χ3v) is 3.42. The first-order chi connectivity index (χ1) is 12.8. The van der Waals surface area contributed by atoms with Crippen molar-refractivity contribution in [1.29, 1.82) is 0 Å². The molecule has 3 aromatic rings. The quantitative estimate of drug-likeness (QED) is 0.644. The molecule has 5 nitrogen and oxygen atoms in total. The fraction of sp³-hybridized carbons (Fsp3) is 0.167. The Balaban J connectivity index is 1.98. The summed E-state index contributed by atoms with van der Waals surface area (Å²) in [5, 5.41) is 2.70. The van der Waals surface area contributed by atoms with E-state index in [0.717, 1.165) is 12.1 Å². The van der Waals surface area contributed by atoms with Gasteiger partial charge in [0.25, 0.3) is 0 Å². The van der Waals surface area contributed by atoms with E-state index in [2.05, 4.69) is 20.3 Å². The Bertz CT molecular complexity index is 947. The summed E-state index contributed by atoms with van der Waals surface area (Å²) in [6, 6.07) is 10.2. The zero-order valence-electron chi connectivity index (χ0n) is 14.1. The van der Waals surface area contributed by atoms with Gasteiger partial charge in [0.15, 0.2) is 5.82 Å². The number of aromatic nitrogens is 3. The van der Waals surface area contributed by atoms with Crippen LogP contribution in [0.15, 0.2) is 48.5 Å². The maximum absolute atomic E-state index is 13.5. The Hall–Kier alpha value is -3.23. The number of alkyl halides is 3. The summed E-state index contributed by atoms with van der Waals surface area (Å²) in [5.74, 6) is -0.368. The van der Waals surface area contributed by atoms with Crippen LogP contribution in [0.1, 0.15) is 12.5 Å². The molecule has 1 N–H and O–H groups in total. The van der Waals surface area contributed by atoms with Crippen molar-refractivity contribution in [2.24, 2.45) is 0 Å². The highest BCUT2D eigenvalue weighted by molar-refractivity contribution is 5.60. The number of nitrogens with one attached hydrogen (secondary N) is 1. The van der Waals surface area contributed by atoms with Gasteiger partial charge in [-0.25, -0.2) is 4.39 Å². The van der Waals surface area contributed by atoms with Gasteiger partial charge in [-0.15, -0.1) is 0 Å². The van der Waals surface area contributed by atoms with Crippen LogP contribution in [-0.2, 0) is 6.18 Å². The number of nitrogens with zero attached hydrogens (tertiary/aromatic N) is 3. The van der Waals surface area contributed by atoms with Gasteiger partial charge in [-0.05, 0) is 37.3 Å². The standard InChI is InChI=1S/C18H14F4N4O/c1-2-27-17-25-15(11-5-3-7-13(19)9-11)24-16(26-17)23-14-8-4-6-12(10-14)18(20,21)22/h3-10H,2H2,1H3,(H,23,24,25,26). The van der Waals surface area contributed by atoms with Crippen LogP contribution >= 0.6 is 0 Å². The van der Waals surface area contributed by atoms with Crippen LogP contribution < -0.4 is 10.1 Å². The van der Waals surface area contributed by atoms with Gasteiger partial charge >= 0.3 is 12.2 Å².